The van der Waals surface area contributed by atoms with Crippen molar-refractivity contribution >= 4 is 11.6 Å². The van der Waals surface area contributed by atoms with Crippen LogP contribution in [0.2, 0.25) is 0 Å². The maximum absolute atomic E-state index is 11.7. The van der Waals surface area contributed by atoms with E-state index in [0.717, 1.165) is 12.8 Å². The molecule has 0 aromatic heterocycles. The Morgan fingerprint density at radius 3 is 3.07 bits per heavy atom. The van der Waals surface area contributed by atoms with Crippen LogP contribution in [-0.2, 0) is 9.59 Å². The van der Waals surface area contributed by atoms with Gasteiger partial charge in [0.2, 0.25) is 0 Å². The highest BCUT2D eigenvalue weighted by molar-refractivity contribution is 5.86. The van der Waals surface area contributed by atoms with E-state index in [1.54, 1.807) is 6.92 Å². The Kier molecular flexibility index (Phi) is 2.53. The monoisotopic (exact) mass is 192 g/mol. The molecule has 0 heterocycles. The van der Waals surface area contributed by atoms with E-state index in [-0.39, 0.29) is 11.7 Å². The Balaban J connectivity index is 2.13. The number of Topliss-reactive ketones (excluding diaryl/α,β-unsaturated/α-hetero) is 2. The van der Waals surface area contributed by atoms with Crippen molar-refractivity contribution < 1.29 is 9.59 Å². The summed E-state index contributed by atoms with van der Waals surface area (Å²) < 4.78 is 0. The molecule has 0 N–H and O–H groups in total. The largest absolute Gasteiger partial charge is 0.300 e. The van der Waals surface area contributed by atoms with E-state index in [2.05, 4.69) is 12.2 Å². The molecule has 1 saturated carbocycles. The summed E-state index contributed by atoms with van der Waals surface area (Å²) in [6.45, 7) is 1.62. The zero-order valence-electron chi connectivity index (χ0n) is 8.53. The number of fused-ring (bicyclic) bond motifs is 1. The van der Waals surface area contributed by atoms with Gasteiger partial charge in [0.15, 0.2) is 0 Å². The summed E-state index contributed by atoms with van der Waals surface area (Å²) in [7, 11) is 0. The number of hydrogen-bond acceptors (Lipinski definition) is 2. The third kappa shape index (κ3) is 1.66. The zero-order chi connectivity index (χ0) is 10.1. The normalized spacial score (nSPS) is 35.8. The summed E-state index contributed by atoms with van der Waals surface area (Å²) in [5.41, 5.74) is 0. The molecule has 0 aromatic rings. The lowest BCUT2D eigenvalue weighted by Crippen LogP contribution is -2.19. The average Bonchev–Trinajstić information content (AvgIpc) is 2.44. The Morgan fingerprint density at radius 2 is 2.36 bits per heavy atom. The molecule has 0 radical (unpaired) electrons. The lowest BCUT2D eigenvalue weighted by atomic mass is 9.81. The summed E-state index contributed by atoms with van der Waals surface area (Å²) in [6.07, 6.45) is 7.55. The molecule has 0 unspecified atom stereocenters. The molecule has 2 nitrogen and oxygen atoms in total. The van der Waals surface area contributed by atoms with Crippen LogP contribution in [0.15, 0.2) is 12.2 Å². The van der Waals surface area contributed by atoms with E-state index in [1.165, 1.54) is 0 Å². The van der Waals surface area contributed by atoms with Crippen molar-refractivity contribution in [3.05, 3.63) is 12.2 Å². The van der Waals surface area contributed by atoms with Gasteiger partial charge in [-0.2, -0.15) is 0 Å². The van der Waals surface area contributed by atoms with Crippen LogP contribution in [0.5, 0.6) is 0 Å². The number of ketones is 2. The molecule has 2 heteroatoms. The number of carbonyl (C=O) groups excluding carboxylic acids is 2. The van der Waals surface area contributed by atoms with Gasteiger partial charge in [0, 0.05) is 18.8 Å². The Morgan fingerprint density at radius 1 is 1.57 bits per heavy atom. The molecule has 2 aliphatic carbocycles. The summed E-state index contributed by atoms with van der Waals surface area (Å²) >= 11 is 0. The van der Waals surface area contributed by atoms with Crippen molar-refractivity contribution in [1.29, 1.82) is 0 Å². The first-order valence-electron chi connectivity index (χ1n) is 5.37. The van der Waals surface area contributed by atoms with Gasteiger partial charge in [-0.3, -0.25) is 4.79 Å². The second-order valence-corrected chi connectivity index (χ2v) is 4.53. The molecule has 0 aliphatic heterocycles. The molecule has 1 fully saturated rings. The summed E-state index contributed by atoms with van der Waals surface area (Å²) in [6, 6.07) is 0. The van der Waals surface area contributed by atoms with Crippen LogP contribution in [0.25, 0.3) is 0 Å². The van der Waals surface area contributed by atoms with Gasteiger partial charge in [0.05, 0.1) is 0 Å². The van der Waals surface area contributed by atoms with Crippen LogP contribution in [0.4, 0.5) is 0 Å². The molecule has 0 amide bonds. The first kappa shape index (κ1) is 9.63. The Hall–Kier alpha value is -0.920. The fraction of sp³-hybridized carbons (Fsp3) is 0.667. The highest BCUT2D eigenvalue weighted by atomic mass is 16.1. The SMILES string of the molecule is CC(=O)C[C@H]1CC(=O)[C@H]2CCC=C[C@@H]12. The smallest absolute Gasteiger partial charge is 0.136 e. The molecule has 14 heavy (non-hydrogen) atoms. The van der Waals surface area contributed by atoms with Crippen molar-refractivity contribution in [1.82, 2.24) is 0 Å². The first-order valence-corrected chi connectivity index (χ1v) is 5.37. The molecule has 2 aliphatic rings. The molecular formula is C12H16O2. The second-order valence-electron chi connectivity index (χ2n) is 4.53. The van der Waals surface area contributed by atoms with Crippen LogP contribution in [0.3, 0.4) is 0 Å². The lowest BCUT2D eigenvalue weighted by Gasteiger charge is -2.22. The third-order valence-electron chi connectivity index (χ3n) is 3.44. The summed E-state index contributed by atoms with van der Waals surface area (Å²) in [5.74, 6) is 1.47. The zero-order valence-corrected chi connectivity index (χ0v) is 8.53. The fourth-order valence-electron chi connectivity index (χ4n) is 2.84. The van der Waals surface area contributed by atoms with Gasteiger partial charge in [-0.05, 0) is 31.6 Å². The molecule has 0 bridgehead atoms. The van der Waals surface area contributed by atoms with E-state index in [1.807, 2.05) is 0 Å². The molecule has 0 spiro atoms. The Labute approximate surface area is 84.4 Å². The maximum Gasteiger partial charge on any atom is 0.136 e. The van der Waals surface area contributed by atoms with Gasteiger partial charge >= 0.3 is 0 Å². The molecule has 3 atom stereocenters. The highest BCUT2D eigenvalue weighted by Gasteiger charge is 2.41. The van der Waals surface area contributed by atoms with E-state index < -0.39 is 0 Å². The summed E-state index contributed by atoms with van der Waals surface area (Å²) in [5, 5.41) is 0. The van der Waals surface area contributed by atoms with Crippen LogP contribution < -0.4 is 0 Å². The molecule has 0 saturated heterocycles. The molecule has 76 valence electrons. The minimum Gasteiger partial charge on any atom is -0.300 e. The number of carbonyl (C=O) groups is 2. The van der Waals surface area contributed by atoms with Gasteiger partial charge < -0.3 is 4.79 Å². The van der Waals surface area contributed by atoms with Crippen molar-refractivity contribution in [3.63, 3.8) is 0 Å². The number of allylic oxidation sites excluding steroid dienone is 2. The topological polar surface area (TPSA) is 34.1 Å². The molecule has 2 rings (SSSR count). The van der Waals surface area contributed by atoms with E-state index in [9.17, 15) is 9.59 Å². The van der Waals surface area contributed by atoms with E-state index in [0.29, 0.717) is 30.5 Å². The lowest BCUT2D eigenvalue weighted by molar-refractivity contribution is -0.121. The van der Waals surface area contributed by atoms with Crippen molar-refractivity contribution in [2.75, 3.05) is 0 Å². The first-order chi connectivity index (χ1) is 6.68. The van der Waals surface area contributed by atoms with Gasteiger partial charge in [-0.15, -0.1) is 0 Å². The van der Waals surface area contributed by atoms with E-state index in [4.69, 9.17) is 0 Å². The Bertz CT molecular complexity index is 291. The standard InChI is InChI=1S/C12H16O2/c1-8(13)6-9-7-12(14)11-5-3-2-4-10(9)11/h2,4,9-11H,3,5-7H2,1H3/t9-,10-,11-/m0/s1. The van der Waals surface area contributed by atoms with E-state index >= 15 is 0 Å². The van der Waals surface area contributed by atoms with Gasteiger partial charge in [0.25, 0.3) is 0 Å². The highest BCUT2D eigenvalue weighted by Crippen LogP contribution is 2.42. The van der Waals surface area contributed by atoms with Gasteiger partial charge in [-0.25, -0.2) is 0 Å². The van der Waals surface area contributed by atoms with Crippen LogP contribution in [0, 0.1) is 17.8 Å². The molecular weight excluding hydrogens is 176 g/mol. The van der Waals surface area contributed by atoms with Crippen molar-refractivity contribution in [3.8, 4) is 0 Å². The molecule has 0 aromatic carbocycles. The van der Waals surface area contributed by atoms with Gasteiger partial charge in [-0.1, -0.05) is 12.2 Å². The average molecular weight is 192 g/mol. The predicted molar refractivity (Wildman–Crippen MR) is 53.8 cm³/mol. The van der Waals surface area contributed by atoms with Crippen molar-refractivity contribution in [2.45, 2.75) is 32.6 Å². The second kappa shape index (κ2) is 3.68. The summed E-state index contributed by atoms with van der Waals surface area (Å²) in [4.78, 5) is 22.7. The van der Waals surface area contributed by atoms with Gasteiger partial charge in [0.1, 0.15) is 11.6 Å². The number of rotatable bonds is 2. The fourth-order valence-corrected chi connectivity index (χ4v) is 2.84. The quantitative estimate of drug-likeness (QED) is 0.628. The van der Waals surface area contributed by atoms with Crippen molar-refractivity contribution in [2.24, 2.45) is 17.8 Å². The minimum atomic E-state index is 0.211. The van der Waals surface area contributed by atoms with Crippen LogP contribution in [0.1, 0.15) is 32.6 Å². The minimum absolute atomic E-state index is 0.211. The third-order valence-corrected chi connectivity index (χ3v) is 3.44. The van der Waals surface area contributed by atoms with Crippen LogP contribution >= 0.6 is 0 Å². The maximum atomic E-state index is 11.7. The predicted octanol–water partition coefficient (Wildman–Crippen LogP) is 2.14. The van der Waals surface area contributed by atoms with Crippen LogP contribution in [-0.4, -0.2) is 11.6 Å². The number of hydrogen-bond donors (Lipinski definition) is 0.